The number of hydrogen-bond acceptors (Lipinski definition) is 0. The smallest absolute Gasteiger partial charge is 0.00913 e. The molecule has 1 radical (unpaired) electrons. The molecule has 0 atom stereocenters. The lowest BCUT2D eigenvalue weighted by Gasteiger charge is -1.99. The van der Waals surface area contributed by atoms with Crippen molar-refractivity contribution in [2.75, 3.05) is 0 Å². The Balaban J connectivity index is 2.42. The number of unbranched alkanes of at least 4 members (excludes halogenated alkanes) is 1. The Kier molecular flexibility index (Phi) is 3.01. The molecule has 0 fully saturated rings. The largest absolute Gasteiger partial charge is 0.0804 e. The summed E-state index contributed by atoms with van der Waals surface area (Å²) in [6.07, 6.45) is 15.1. The Morgan fingerprint density at radius 1 is 1.70 bits per heavy atom. The molecule has 0 unspecified atom stereocenters. The van der Waals surface area contributed by atoms with Gasteiger partial charge in [-0.3, -0.25) is 0 Å². The van der Waals surface area contributed by atoms with Gasteiger partial charge in [0.15, 0.2) is 0 Å². The second kappa shape index (κ2) is 4.10. The molecular formula is C10H13. The van der Waals surface area contributed by atoms with Crippen LogP contribution in [0.25, 0.3) is 0 Å². The molecule has 0 bridgehead atoms. The van der Waals surface area contributed by atoms with Gasteiger partial charge in [0.1, 0.15) is 0 Å². The second-order valence-electron chi connectivity index (χ2n) is 2.46. The van der Waals surface area contributed by atoms with E-state index in [4.69, 9.17) is 0 Å². The molecule has 0 aromatic heterocycles. The summed E-state index contributed by atoms with van der Waals surface area (Å²) in [6.45, 7) is 2.19. The molecule has 0 heteroatoms. The third-order valence-electron chi connectivity index (χ3n) is 1.52. The maximum Gasteiger partial charge on any atom is -0.00913 e. The maximum atomic E-state index is 3.20. The average Bonchev–Trinajstić information content (AvgIpc) is 2.03. The summed E-state index contributed by atoms with van der Waals surface area (Å²) in [4.78, 5) is 0. The van der Waals surface area contributed by atoms with E-state index in [1.54, 1.807) is 0 Å². The van der Waals surface area contributed by atoms with Crippen LogP contribution in [-0.4, -0.2) is 0 Å². The highest BCUT2D eigenvalue weighted by Gasteiger charge is 1.91. The predicted molar refractivity (Wildman–Crippen MR) is 44.6 cm³/mol. The van der Waals surface area contributed by atoms with Crippen molar-refractivity contribution in [3.63, 3.8) is 0 Å². The highest BCUT2D eigenvalue weighted by Crippen LogP contribution is 2.09. The molecule has 0 amide bonds. The fourth-order valence-corrected chi connectivity index (χ4v) is 0.938. The van der Waals surface area contributed by atoms with Crippen LogP contribution in [0.1, 0.15) is 26.2 Å². The highest BCUT2D eigenvalue weighted by molar-refractivity contribution is 5.24. The van der Waals surface area contributed by atoms with E-state index < -0.39 is 0 Å². The van der Waals surface area contributed by atoms with Gasteiger partial charge < -0.3 is 0 Å². The lowest BCUT2D eigenvalue weighted by molar-refractivity contribution is 0.945. The molecule has 1 rings (SSSR count). The minimum absolute atomic E-state index is 1.07. The first kappa shape index (κ1) is 7.33. The minimum Gasteiger partial charge on any atom is -0.0804 e. The Morgan fingerprint density at radius 3 is 3.20 bits per heavy atom. The SMILES string of the molecule is CCCC=C1[C]=CC=CC1. The van der Waals surface area contributed by atoms with Gasteiger partial charge in [-0.15, -0.1) is 0 Å². The zero-order chi connectivity index (χ0) is 7.23. The minimum atomic E-state index is 1.07. The third-order valence-corrected chi connectivity index (χ3v) is 1.52. The zero-order valence-electron chi connectivity index (χ0n) is 6.43. The molecule has 53 valence electrons. The van der Waals surface area contributed by atoms with E-state index >= 15 is 0 Å². The van der Waals surface area contributed by atoms with Crippen LogP contribution in [-0.2, 0) is 0 Å². The first-order valence-electron chi connectivity index (χ1n) is 3.87. The molecule has 1 aliphatic carbocycles. The molecule has 10 heavy (non-hydrogen) atoms. The quantitative estimate of drug-likeness (QED) is 0.543. The summed E-state index contributed by atoms with van der Waals surface area (Å²) in [5, 5.41) is 0. The van der Waals surface area contributed by atoms with E-state index in [0.29, 0.717) is 0 Å². The van der Waals surface area contributed by atoms with Crippen molar-refractivity contribution in [3.05, 3.63) is 36.0 Å². The molecule has 0 nitrogen and oxygen atoms in total. The van der Waals surface area contributed by atoms with Gasteiger partial charge in [-0.05, 0) is 24.5 Å². The summed E-state index contributed by atoms with van der Waals surface area (Å²) >= 11 is 0. The van der Waals surface area contributed by atoms with Gasteiger partial charge in [-0.1, -0.05) is 37.6 Å². The Labute approximate surface area is 62.9 Å². The molecular weight excluding hydrogens is 120 g/mol. The molecule has 0 saturated heterocycles. The van der Waals surface area contributed by atoms with E-state index in [0.717, 1.165) is 6.42 Å². The van der Waals surface area contributed by atoms with Crippen molar-refractivity contribution in [3.8, 4) is 0 Å². The van der Waals surface area contributed by atoms with Gasteiger partial charge in [0.05, 0.1) is 0 Å². The van der Waals surface area contributed by atoms with Crippen LogP contribution >= 0.6 is 0 Å². The van der Waals surface area contributed by atoms with Crippen molar-refractivity contribution < 1.29 is 0 Å². The van der Waals surface area contributed by atoms with Crippen LogP contribution in [0, 0.1) is 6.08 Å². The van der Waals surface area contributed by atoms with Crippen molar-refractivity contribution in [1.29, 1.82) is 0 Å². The number of rotatable bonds is 2. The van der Waals surface area contributed by atoms with E-state index in [-0.39, 0.29) is 0 Å². The van der Waals surface area contributed by atoms with E-state index in [9.17, 15) is 0 Å². The zero-order valence-corrected chi connectivity index (χ0v) is 6.43. The first-order chi connectivity index (χ1) is 4.93. The first-order valence-corrected chi connectivity index (χ1v) is 3.87. The summed E-state index contributed by atoms with van der Waals surface area (Å²) in [6, 6.07) is 0. The topological polar surface area (TPSA) is 0 Å². The summed E-state index contributed by atoms with van der Waals surface area (Å²) in [7, 11) is 0. The predicted octanol–water partition coefficient (Wildman–Crippen LogP) is 3.03. The Bertz CT molecular complexity index is 170. The fourth-order valence-electron chi connectivity index (χ4n) is 0.938. The van der Waals surface area contributed by atoms with Crippen LogP contribution in [0.4, 0.5) is 0 Å². The maximum absolute atomic E-state index is 3.20. The van der Waals surface area contributed by atoms with E-state index in [2.05, 4.69) is 25.2 Å². The van der Waals surface area contributed by atoms with Crippen LogP contribution in [0.5, 0.6) is 0 Å². The lowest BCUT2D eigenvalue weighted by atomic mass is 10.1. The van der Waals surface area contributed by atoms with Gasteiger partial charge in [0.25, 0.3) is 0 Å². The average molecular weight is 133 g/mol. The van der Waals surface area contributed by atoms with Crippen molar-refractivity contribution >= 4 is 0 Å². The van der Waals surface area contributed by atoms with Crippen LogP contribution in [0.2, 0.25) is 0 Å². The van der Waals surface area contributed by atoms with E-state index in [1.165, 1.54) is 18.4 Å². The summed E-state index contributed by atoms with van der Waals surface area (Å²) < 4.78 is 0. The summed E-state index contributed by atoms with van der Waals surface area (Å²) in [5.74, 6) is 0. The molecule has 0 aliphatic heterocycles. The number of allylic oxidation sites excluding steroid dienone is 6. The Morgan fingerprint density at radius 2 is 2.60 bits per heavy atom. The normalized spacial score (nSPS) is 20.3. The molecule has 0 spiro atoms. The fraction of sp³-hybridized carbons (Fsp3) is 0.400. The molecule has 0 N–H and O–H groups in total. The molecule has 1 aliphatic rings. The van der Waals surface area contributed by atoms with Gasteiger partial charge in [-0.25, -0.2) is 0 Å². The third kappa shape index (κ3) is 2.22. The molecule has 0 saturated carbocycles. The molecule has 0 aromatic carbocycles. The van der Waals surface area contributed by atoms with Gasteiger partial charge in [0.2, 0.25) is 0 Å². The lowest BCUT2D eigenvalue weighted by Crippen LogP contribution is -1.80. The molecule has 0 aromatic rings. The monoisotopic (exact) mass is 133 g/mol. The van der Waals surface area contributed by atoms with Crippen molar-refractivity contribution in [1.82, 2.24) is 0 Å². The number of hydrogen-bond donors (Lipinski definition) is 0. The second-order valence-corrected chi connectivity index (χ2v) is 2.46. The van der Waals surface area contributed by atoms with Crippen molar-refractivity contribution in [2.45, 2.75) is 26.2 Å². The highest BCUT2D eigenvalue weighted by atomic mass is 14.0. The molecule has 0 heterocycles. The Hall–Kier alpha value is -0.780. The van der Waals surface area contributed by atoms with Gasteiger partial charge in [-0.2, -0.15) is 0 Å². The van der Waals surface area contributed by atoms with Crippen LogP contribution in [0.3, 0.4) is 0 Å². The van der Waals surface area contributed by atoms with Crippen LogP contribution < -0.4 is 0 Å². The van der Waals surface area contributed by atoms with Crippen molar-refractivity contribution in [2.24, 2.45) is 0 Å². The van der Waals surface area contributed by atoms with Crippen LogP contribution in [0.15, 0.2) is 29.9 Å². The van der Waals surface area contributed by atoms with Gasteiger partial charge >= 0.3 is 0 Å². The van der Waals surface area contributed by atoms with Gasteiger partial charge in [0, 0.05) is 0 Å². The summed E-state index contributed by atoms with van der Waals surface area (Å²) in [5.41, 5.74) is 1.34. The standard InChI is InChI=1S/C10H13/c1-2-3-7-10-8-5-4-6-9-10/h4-7H,2-3,8H2,1H3. The van der Waals surface area contributed by atoms with E-state index in [1.807, 2.05) is 12.2 Å².